The van der Waals surface area contributed by atoms with E-state index < -0.39 is 11.9 Å². The van der Waals surface area contributed by atoms with E-state index in [1.54, 1.807) is 4.40 Å². The molecule has 0 bridgehead atoms. The number of anilines is 1. The lowest BCUT2D eigenvalue weighted by molar-refractivity contribution is -0.119. The average molecular weight is 363 g/mol. The van der Waals surface area contributed by atoms with Crippen LogP contribution in [0.15, 0.2) is 59.8 Å². The maximum absolute atomic E-state index is 12.5. The maximum atomic E-state index is 12.5. The van der Waals surface area contributed by atoms with Crippen LogP contribution in [-0.2, 0) is 16.1 Å². The number of benzene rings is 1. The van der Waals surface area contributed by atoms with E-state index >= 15 is 0 Å². The van der Waals surface area contributed by atoms with Gasteiger partial charge in [0.1, 0.15) is 11.8 Å². The van der Waals surface area contributed by atoms with Crippen molar-refractivity contribution in [2.24, 2.45) is 10.8 Å². The van der Waals surface area contributed by atoms with Crippen LogP contribution in [0, 0.1) is 0 Å². The molecule has 27 heavy (non-hydrogen) atoms. The maximum Gasteiger partial charge on any atom is 0.267 e. The van der Waals surface area contributed by atoms with Crippen LogP contribution in [-0.4, -0.2) is 38.2 Å². The van der Waals surface area contributed by atoms with Gasteiger partial charge in [0.15, 0.2) is 11.5 Å². The first-order chi connectivity index (χ1) is 13.1. The summed E-state index contributed by atoms with van der Waals surface area (Å²) in [6.07, 6.45) is 1.97. The first-order valence-corrected chi connectivity index (χ1v) is 8.41. The second-order valence-electron chi connectivity index (χ2n) is 6.08. The standard InChI is InChI=1S/C18H17N7O2/c19-17(26)14-10-13(23-25(14)12-6-2-1-3-7-12)18(27)20-11-16-22-21-15-8-4-5-9-24(15)16/h1-9,14H,10-11H2,(H2,19,26)(H,20,27)/t14-/m1/s1. The van der Waals surface area contributed by atoms with Crippen molar-refractivity contribution in [3.05, 3.63) is 60.6 Å². The number of hydrazone groups is 1. The third-order valence-corrected chi connectivity index (χ3v) is 4.31. The summed E-state index contributed by atoms with van der Waals surface area (Å²) in [5.41, 5.74) is 7.14. The Balaban J connectivity index is 1.50. The summed E-state index contributed by atoms with van der Waals surface area (Å²) in [6, 6.07) is 14.0. The Labute approximate surface area is 154 Å². The van der Waals surface area contributed by atoms with Crippen LogP contribution in [0.5, 0.6) is 0 Å². The quantitative estimate of drug-likeness (QED) is 0.683. The van der Waals surface area contributed by atoms with Crippen molar-refractivity contribution in [1.82, 2.24) is 19.9 Å². The van der Waals surface area contributed by atoms with Gasteiger partial charge in [0.2, 0.25) is 5.91 Å². The number of aromatic nitrogens is 3. The molecule has 0 unspecified atom stereocenters. The molecule has 1 aromatic carbocycles. The molecule has 1 aliphatic heterocycles. The lowest BCUT2D eigenvalue weighted by Gasteiger charge is -2.20. The van der Waals surface area contributed by atoms with E-state index in [0.29, 0.717) is 17.2 Å². The molecule has 3 heterocycles. The molecule has 1 atom stereocenters. The molecule has 3 N–H and O–H groups in total. The van der Waals surface area contributed by atoms with Crippen LogP contribution in [0.2, 0.25) is 0 Å². The number of carbonyl (C=O) groups excluding carboxylic acids is 2. The Morgan fingerprint density at radius 2 is 1.89 bits per heavy atom. The van der Waals surface area contributed by atoms with Crippen molar-refractivity contribution in [2.45, 2.75) is 19.0 Å². The smallest absolute Gasteiger partial charge is 0.267 e. The van der Waals surface area contributed by atoms with Crippen LogP contribution in [0.3, 0.4) is 0 Å². The number of fused-ring (bicyclic) bond motifs is 1. The van der Waals surface area contributed by atoms with E-state index in [0.717, 1.165) is 0 Å². The monoisotopic (exact) mass is 363 g/mol. The van der Waals surface area contributed by atoms with Crippen molar-refractivity contribution in [3.8, 4) is 0 Å². The molecule has 0 saturated carbocycles. The van der Waals surface area contributed by atoms with E-state index in [4.69, 9.17) is 5.73 Å². The van der Waals surface area contributed by atoms with E-state index in [1.807, 2.05) is 54.7 Å². The average Bonchev–Trinajstić information content (AvgIpc) is 3.32. The molecule has 9 nitrogen and oxygen atoms in total. The lowest BCUT2D eigenvalue weighted by atomic mass is 10.1. The molecule has 3 aromatic rings. The normalized spacial score (nSPS) is 16.4. The summed E-state index contributed by atoms with van der Waals surface area (Å²) in [6.45, 7) is 0.190. The van der Waals surface area contributed by atoms with Crippen LogP contribution in [0.4, 0.5) is 5.69 Å². The van der Waals surface area contributed by atoms with Crippen molar-refractivity contribution in [2.75, 3.05) is 5.01 Å². The molecular weight excluding hydrogens is 346 g/mol. The summed E-state index contributed by atoms with van der Waals surface area (Å²) in [7, 11) is 0. The highest BCUT2D eigenvalue weighted by molar-refractivity contribution is 6.40. The number of rotatable bonds is 5. The zero-order chi connectivity index (χ0) is 18.8. The largest absolute Gasteiger partial charge is 0.368 e. The fourth-order valence-electron chi connectivity index (χ4n) is 2.96. The Kier molecular flexibility index (Phi) is 4.25. The van der Waals surface area contributed by atoms with Crippen LogP contribution >= 0.6 is 0 Å². The molecule has 0 radical (unpaired) electrons. The Hall–Kier alpha value is -3.75. The zero-order valence-corrected chi connectivity index (χ0v) is 14.3. The fraction of sp³-hybridized carbons (Fsp3) is 0.167. The molecule has 9 heteroatoms. The molecule has 2 amide bonds. The number of amides is 2. The summed E-state index contributed by atoms with van der Waals surface area (Å²) >= 11 is 0. The van der Waals surface area contributed by atoms with Gasteiger partial charge in [-0.1, -0.05) is 24.3 Å². The van der Waals surface area contributed by atoms with Gasteiger partial charge in [-0.3, -0.25) is 19.0 Å². The Bertz CT molecular complexity index is 1030. The molecule has 1 aliphatic rings. The van der Waals surface area contributed by atoms with Crippen molar-refractivity contribution >= 4 is 28.9 Å². The van der Waals surface area contributed by atoms with Gasteiger partial charge >= 0.3 is 0 Å². The van der Waals surface area contributed by atoms with Gasteiger partial charge in [-0.25, -0.2) is 0 Å². The van der Waals surface area contributed by atoms with Crippen molar-refractivity contribution in [3.63, 3.8) is 0 Å². The third kappa shape index (κ3) is 3.22. The minimum absolute atomic E-state index is 0.149. The van der Waals surface area contributed by atoms with E-state index in [2.05, 4.69) is 20.6 Å². The lowest BCUT2D eigenvalue weighted by Crippen LogP contribution is -2.39. The summed E-state index contributed by atoms with van der Waals surface area (Å²) < 4.78 is 1.79. The number of nitrogens with zero attached hydrogens (tertiary/aromatic N) is 5. The molecule has 136 valence electrons. The predicted molar refractivity (Wildman–Crippen MR) is 98.8 cm³/mol. The SMILES string of the molecule is NC(=O)[C@H]1CC(C(=O)NCc2nnc3ccccn23)=NN1c1ccccc1. The van der Waals surface area contributed by atoms with Crippen LogP contribution in [0.25, 0.3) is 5.65 Å². The number of para-hydroxylation sites is 1. The third-order valence-electron chi connectivity index (χ3n) is 4.31. The number of nitrogens with two attached hydrogens (primary N) is 1. The number of primary amides is 1. The van der Waals surface area contributed by atoms with Gasteiger partial charge < -0.3 is 11.1 Å². The molecule has 0 saturated heterocycles. The fourth-order valence-corrected chi connectivity index (χ4v) is 2.96. The minimum Gasteiger partial charge on any atom is -0.368 e. The number of hydrogen-bond acceptors (Lipinski definition) is 6. The first-order valence-electron chi connectivity index (χ1n) is 8.41. The molecule has 0 fully saturated rings. The summed E-state index contributed by atoms with van der Waals surface area (Å²) in [5.74, 6) is -0.301. The molecule has 0 aliphatic carbocycles. The number of hydrogen-bond donors (Lipinski definition) is 2. The van der Waals surface area contributed by atoms with Crippen molar-refractivity contribution in [1.29, 1.82) is 0 Å². The number of nitrogens with one attached hydrogen (secondary N) is 1. The van der Waals surface area contributed by atoms with Crippen molar-refractivity contribution < 1.29 is 9.59 Å². The molecule has 0 spiro atoms. The molecular formula is C18H17N7O2. The second kappa shape index (κ2) is 6.87. The topological polar surface area (TPSA) is 118 Å². The van der Waals surface area contributed by atoms with E-state index in [-0.39, 0.29) is 24.6 Å². The van der Waals surface area contributed by atoms with Crippen LogP contribution < -0.4 is 16.1 Å². The summed E-state index contributed by atoms with van der Waals surface area (Å²) in [5, 5.41) is 16.7. The molecule has 2 aromatic heterocycles. The second-order valence-corrected chi connectivity index (χ2v) is 6.08. The number of pyridine rings is 1. The number of carbonyl (C=O) groups is 2. The van der Waals surface area contributed by atoms with Gasteiger partial charge in [0.25, 0.3) is 5.91 Å². The highest BCUT2D eigenvalue weighted by atomic mass is 16.2. The molecule has 4 rings (SSSR count). The van der Waals surface area contributed by atoms with Gasteiger partial charge in [0, 0.05) is 12.6 Å². The predicted octanol–water partition coefficient (Wildman–Crippen LogP) is 0.466. The summed E-state index contributed by atoms with van der Waals surface area (Å²) in [4.78, 5) is 24.3. The Morgan fingerprint density at radius 3 is 2.67 bits per heavy atom. The highest BCUT2D eigenvalue weighted by Gasteiger charge is 2.34. The van der Waals surface area contributed by atoms with Gasteiger partial charge in [-0.2, -0.15) is 5.10 Å². The zero-order valence-electron chi connectivity index (χ0n) is 14.3. The van der Waals surface area contributed by atoms with E-state index in [1.165, 1.54) is 5.01 Å². The van der Waals surface area contributed by atoms with E-state index in [9.17, 15) is 9.59 Å². The van der Waals surface area contributed by atoms with Gasteiger partial charge in [-0.15, -0.1) is 10.2 Å². The van der Waals surface area contributed by atoms with Gasteiger partial charge in [-0.05, 0) is 24.3 Å². The van der Waals surface area contributed by atoms with Crippen LogP contribution in [0.1, 0.15) is 12.2 Å². The Morgan fingerprint density at radius 1 is 1.11 bits per heavy atom. The highest BCUT2D eigenvalue weighted by Crippen LogP contribution is 2.24. The minimum atomic E-state index is -0.693. The van der Waals surface area contributed by atoms with Gasteiger partial charge in [0.05, 0.1) is 12.2 Å². The first kappa shape index (κ1) is 16.7.